The van der Waals surface area contributed by atoms with Crippen molar-refractivity contribution in [1.29, 1.82) is 0 Å². The number of hydrogen-bond acceptors (Lipinski definition) is 3. The van der Waals surface area contributed by atoms with Gasteiger partial charge in [0.25, 0.3) is 5.91 Å². The van der Waals surface area contributed by atoms with E-state index >= 15 is 0 Å². The van der Waals surface area contributed by atoms with E-state index in [1.165, 1.54) is 6.07 Å². The number of hydrogen-bond donors (Lipinski definition) is 0. The van der Waals surface area contributed by atoms with Gasteiger partial charge in [0.15, 0.2) is 18.2 Å². The quantitative estimate of drug-likeness (QED) is 0.852. The molecule has 0 spiro atoms. The first kappa shape index (κ1) is 14.7. The second-order valence-electron chi connectivity index (χ2n) is 4.92. The van der Waals surface area contributed by atoms with Crippen LogP contribution in [0, 0.1) is 11.6 Å². The van der Waals surface area contributed by atoms with Gasteiger partial charge in [-0.1, -0.05) is 0 Å². The molecule has 2 rings (SSSR count). The molecule has 1 heterocycles. The van der Waals surface area contributed by atoms with Crippen molar-refractivity contribution in [2.24, 2.45) is 0 Å². The van der Waals surface area contributed by atoms with Gasteiger partial charge in [0.1, 0.15) is 5.82 Å². The summed E-state index contributed by atoms with van der Waals surface area (Å²) in [5.41, 5.74) is 0. The van der Waals surface area contributed by atoms with Crippen molar-refractivity contribution in [1.82, 2.24) is 4.90 Å². The Balaban J connectivity index is 1.91. The monoisotopic (exact) mass is 285 g/mol. The van der Waals surface area contributed by atoms with Crippen molar-refractivity contribution >= 4 is 5.91 Å². The third-order valence-corrected chi connectivity index (χ3v) is 3.02. The van der Waals surface area contributed by atoms with Gasteiger partial charge in [0, 0.05) is 19.2 Å². The smallest absolute Gasteiger partial charge is 0.260 e. The zero-order valence-electron chi connectivity index (χ0n) is 11.4. The van der Waals surface area contributed by atoms with Crippen LogP contribution in [0.2, 0.25) is 0 Å². The van der Waals surface area contributed by atoms with Gasteiger partial charge in [-0.15, -0.1) is 0 Å². The second kappa shape index (κ2) is 6.17. The lowest BCUT2D eigenvalue weighted by Gasteiger charge is -2.35. The fourth-order valence-electron chi connectivity index (χ4n) is 2.20. The van der Waals surface area contributed by atoms with Crippen LogP contribution in [0.25, 0.3) is 0 Å². The Hall–Kier alpha value is -1.69. The number of nitrogens with zero attached hydrogens (tertiary/aromatic N) is 1. The molecule has 2 unspecified atom stereocenters. The molecule has 0 aliphatic carbocycles. The molecule has 0 radical (unpaired) electrons. The van der Waals surface area contributed by atoms with E-state index in [4.69, 9.17) is 9.47 Å². The highest BCUT2D eigenvalue weighted by atomic mass is 19.1. The average Bonchev–Trinajstić information content (AvgIpc) is 2.36. The van der Waals surface area contributed by atoms with Gasteiger partial charge in [-0.25, -0.2) is 8.78 Å². The lowest BCUT2D eigenvalue weighted by Crippen LogP contribution is -2.49. The predicted octanol–water partition coefficient (Wildman–Crippen LogP) is 1.98. The van der Waals surface area contributed by atoms with Crippen molar-refractivity contribution in [2.75, 3.05) is 19.7 Å². The molecule has 110 valence electrons. The fraction of sp³-hybridized carbons (Fsp3) is 0.500. The molecule has 1 aliphatic heterocycles. The van der Waals surface area contributed by atoms with Crippen LogP contribution in [0.3, 0.4) is 0 Å². The summed E-state index contributed by atoms with van der Waals surface area (Å²) in [6, 6.07) is 2.98. The Bertz CT molecular complexity index is 485. The van der Waals surface area contributed by atoms with Gasteiger partial charge in [0.2, 0.25) is 0 Å². The molecular weight excluding hydrogens is 268 g/mol. The standard InChI is InChI=1S/C14H17F2NO3/c1-9-6-17(7-10(2)20-9)14(18)8-19-13-4-3-11(15)5-12(13)16/h3-5,9-10H,6-8H2,1-2H3. The van der Waals surface area contributed by atoms with Gasteiger partial charge >= 0.3 is 0 Å². The van der Waals surface area contributed by atoms with Crippen LogP contribution < -0.4 is 4.74 Å². The fourth-order valence-corrected chi connectivity index (χ4v) is 2.20. The molecule has 1 aromatic carbocycles. The molecule has 0 N–H and O–H groups in total. The summed E-state index contributed by atoms with van der Waals surface area (Å²) in [6.07, 6.45) is -0.0736. The van der Waals surface area contributed by atoms with Crippen molar-refractivity contribution in [3.05, 3.63) is 29.8 Å². The molecule has 1 aromatic rings. The van der Waals surface area contributed by atoms with E-state index in [1.807, 2.05) is 13.8 Å². The van der Waals surface area contributed by atoms with E-state index in [0.29, 0.717) is 13.1 Å². The molecule has 20 heavy (non-hydrogen) atoms. The SMILES string of the molecule is CC1CN(C(=O)COc2ccc(F)cc2F)CC(C)O1. The highest BCUT2D eigenvalue weighted by Crippen LogP contribution is 2.18. The molecule has 6 heteroatoms. The van der Waals surface area contributed by atoms with E-state index in [2.05, 4.69) is 0 Å². The van der Waals surface area contributed by atoms with Crippen molar-refractivity contribution in [3.63, 3.8) is 0 Å². The molecular formula is C14H17F2NO3. The summed E-state index contributed by atoms with van der Waals surface area (Å²) in [5.74, 6) is -1.87. The number of carbonyl (C=O) groups excluding carboxylic acids is 1. The van der Waals surface area contributed by atoms with Crippen LogP contribution >= 0.6 is 0 Å². The molecule has 4 nitrogen and oxygen atoms in total. The average molecular weight is 285 g/mol. The van der Waals surface area contributed by atoms with Crippen LogP contribution in [0.15, 0.2) is 18.2 Å². The lowest BCUT2D eigenvalue weighted by molar-refractivity contribution is -0.145. The maximum Gasteiger partial charge on any atom is 0.260 e. The van der Waals surface area contributed by atoms with E-state index in [9.17, 15) is 13.6 Å². The zero-order chi connectivity index (χ0) is 14.7. The Morgan fingerprint density at radius 1 is 1.35 bits per heavy atom. The minimum atomic E-state index is -0.818. The van der Waals surface area contributed by atoms with Gasteiger partial charge in [-0.2, -0.15) is 0 Å². The molecule has 1 amide bonds. The van der Waals surface area contributed by atoms with Crippen LogP contribution in [0.4, 0.5) is 8.78 Å². The summed E-state index contributed by atoms with van der Waals surface area (Å²) in [6.45, 7) is 4.46. The highest BCUT2D eigenvalue weighted by molar-refractivity contribution is 5.78. The third-order valence-electron chi connectivity index (χ3n) is 3.02. The summed E-state index contributed by atoms with van der Waals surface area (Å²) < 4.78 is 36.7. The minimum absolute atomic E-state index is 0.0368. The second-order valence-corrected chi connectivity index (χ2v) is 4.92. The van der Waals surface area contributed by atoms with E-state index in [0.717, 1.165) is 12.1 Å². The van der Waals surface area contributed by atoms with Gasteiger partial charge in [-0.3, -0.25) is 4.79 Å². The van der Waals surface area contributed by atoms with E-state index < -0.39 is 11.6 Å². The molecule has 1 saturated heterocycles. The maximum absolute atomic E-state index is 13.4. The molecule has 0 bridgehead atoms. The third kappa shape index (κ3) is 3.66. The van der Waals surface area contributed by atoms with Gasteiger partial charge in [0.05, 0.1) is 12.2 Å². The number of morpholine rings is 1. The van der Waals surface area contributed by atoms with Crippen LogP contribution in [-0.4, -0.2) is 42.7 Å². The highest BCUT2D eigenvalue weighted by Gasteiger charge is 2.26. The maximum atomic E-state index is 13.4. The van der Waals surface area contributed by atoms with E-state index in [-0.39, 0.29) is 30.5 Å². The molecule has 0 aromatic heterocycles. The summed E-state index contributed by atoms with van der Waals surface area (Å²) >= 11 is 0. The number of carbonyl (C=O) groups is 1. The first-order chi connectivity index (χ1) is 9.45. The minimum Gasteiger partial charge on any atom is -0.481 e. The number of amides is 1. The molecule has 1 aliphatic rings. The van der Waals surface area contributed by atoms with Crippen LogP contribution in [0.5, 0.6) is 5.75 Å². The molecule has 0 saturated carbocycles. The largest absolute Gasteiger partial charge is 0.481 e. The Morgan fingerprint density at radius 3 is 2.60 bits per heavy atom. The zero-order valence-corrected chi connectivity index (χ0v) is 11.4. The Kier molecular flexibility index (Phi) is 4.54. The summed E-state index contributed by atoms with van der Waals surface area (Å²) in [5, 5.41) is 0. The summed E-state index contributed by atoms with van der Waals surface area (Å²) in [4.78, 5) is 13.6. The van der Waals surface area contributed by atoms with Crippen LogP contribution in [0.1, 0.15) is 13.8 Å². The molecule has 2 atom stereocenters. The Labute approximate surface area is 116 Å². The Morgan fingerprint density at radius 2 is 2.00 bits per heavy atom. The number of ether oxygens (including phenoxy) is 2. The topological polar surface area (TPSA) is 38.8 Å². The normalized spacial score (nSPS) is 22.7. The van der Waals surface area contributed by atoms with Crippen molar-refractivity contribution in [3.8, 4) is 5.75 Å². The van der Waals surface area contributed by atoms with Gasteiger partial charge in [-0.05, 0) is 26.0 Å². The first-order valence-corrected chi connectivity index (χ1v) is 6.47. The van der Waals surface area contributed by atoms with Crippen molar-refractivity contribution < 1.29 is 23.0 Å². The summed E-state index contributed by atoms with van der Waals surface area (Å²) in [7, 11) is 0. The number of halogens is 2. The van der Waals surface area contributed by atoms with Crippen LogP contribution in [-0.2, 0) is 9.53 Å². The van der Waals surface area contributed by atoms with E-state index in [1.54, 1.807) is 4.90 Å². The number of benzene rings is 1. The van der Waals surface area contributed by atoms with Crippen molar-refractivity contribution in [2.45, 2.75) is 26.1 Å². The first-order valence-electron chi connectivity index (χ1n) is 6.47. The number of rotatable bonds is 3. The molecule has 1 fully saturated rings. The van der Waals surface area contributed by atoms with Gasteiger partial charge < -0.3 is 14.4 Å². The predicted molar refractivity (Wildman–Crippen MR) is 68.4 cm³/mol. The lowest BCUT2D eigenvalue weighted by atomic mass is 10.2.